The van der Waals surface area contributed by atoms with Gasteiger partial charge in [-0.1, -0.05) is 29.0 Å². The van der Waals surface area contributed by atoms with Crippen molar-refractivity contribution in [2.24, 2.45) is 0 Å². The lowest BCUT2D eigenvalue weighted by Gasteiger charge is -2.03. The van der Waals surface area contributed by atoms with E-state index in [1.165, 1.54) is 6.20 Å². The van der Waals surface area contributed by atoms with Crippen LogP contribution in [0.15, 0.2) is 34.8 Å². The molecule has 1 N–H and O–H groups in total. The van der Waals surface area contributed by atoms with Crippen LogP contribution in [0.25, 0.3) is 5.65 Å². The van der Waals surface area contributed by atoms with Gasteiger partial charge in [0.1, 0.15) is 5.82 Å². The van der Waals surface area contributed by atoms with Gasteiger partial charge < -0.3 is 0 Å². The molecule has 3 aromatic rings. The van der Waals surface area contributed by atoms with Crippen molar-refractivity contribution in [1.82, 2.24) is 24.3 Å². The van der Waals surface area contributed by atoms with Crippen molar-refractivity contribution in [3.63, 3.8) is 0 Å². The van der Waals surface area contributed by atoms with Gasteiger partial charge in [0.15, 0.2) is 14.3 Å². The molecule has 3 heterocycles. The minimum absolute atomic E-state index is 0.0959. The Morgan fingerprint density at radius 3 is 2.95 bits per heavy atom. The van der Waals surface area contributed by atoms with Crippen molar-refractivity contribution in [2.45, 2.75) is 10.6 Å². The van der Waals surface area contributed by atoms with Crippen molar-refractivity contribution in [3.05, 3.63) is 40.9 Å². The summed E-state index contributed by atoms with van der Waals surface area (Å²) in [7, 11) is -3.58. The first-order valence-electron chi connectivity index (χ1n) is 5.96. The Bertz CT molecular complexity index is 874. The van der Waals surface area contributed by atoms with Crippen molar-refractivity contribution in [2.75, 3.05) is 6.54 Å². The number of fused-ring (bicyclic) bond motifs is 1. The number of thiazole rings is 1. The monoisotopic (exact) mass is 343 g/mol. The summed E-state index contributed by atoms with van der Waals surface area (Å²) < 4.78 is 28.6. The maximum atomic E-state index is 12.0. The van der Waals surface area contributed by atoms with Crippen LogP contribution in [0, 0.1) is 0 Å². The van der Waals surface area contributed by atoms with Gasteiger partial charge in [-0.25, -0.2) is 18.1 Å². The molecule has 0 unspecified atom stereocenters. The van der Waals surface area contributed by atoms with Gasteiger partial charge in [-0.2, -0.15) is 0 Å². The smallest absolute Gasteiger partial charge is 0.251 e. The van der Waals surface area contributed by atoms with E-state index in [1.807, 2.05) is 28.8 Å². The van der Waals surface area contributed by atoms with Crippen molar-refractivity contribution >= 4 is 38.6 Å². The van der Waals surface area contributed by atoms with Crippen LogP contribution in [0.4, 0.5) is 0 Å². The molecular weight excluding hydrogens is 334 g/mol. The van der Waals surface area contributed by atoms with Crippen LogP contribution in [0.3, 0.4) is 0 Å². The third kappa shape index (κ3) is 3.05. The number of aromatic nitrogens is 4. The van der Waals surface area contributed by atoms with E-state index in [2.05, 4.69) is 19.9 Å². The van der Waals surface area contributed by atoms with E-state index in [0.29, 0.717) is 12.2 Å². The molecule has 0 spiro atoms. The van der Waals surface area contributed by atoms with E-state index in [0.717, 1.165) is 17.0 Å². The van der Waals surface area contributed by atoms with Gasteiger partial charge >= 0.3 is 0 Å². The molecule has 0 radical (unpaired) electrons. The minimum Gasteiger partial charge on any atom is -0.286 e. The maximum absolute atomic E-state index is 12.0. The Kier molecular flexibility index (Phi) is 3.89. The molecule has 0 aromatic carbocycles. The summed E-state index contributed by atoms with van der Waals surface area (Å²) in [6.45, 7) is 0.216. The SMILES string of the molecule is O=S(=O)(NCCc1nnc2ccccn12)c1cnc(Cl)s1. The fourth-order valence-corrected chi connectivity index (χ4v) is 4.16. The predicted molar refractivity (Wildman–Crippen MR) is 79.0 cm³/mol. The van der Waals surface area contributed by atoms with Crippen LogP contribution in [0.2, 0.25) is 4.47 Å². The first-order valence-corrected chi connectivity index (χ1v) is 8.64. The topological polar surface area (TPSA) is 89.2 Å². The Balaban J connectivity index is 1.69. The molecule has 0 saturated heterocycles. The van der Waals surface area contributed by atoms with Gasteiger partial charge in [-0.05, 0) is 12.1 Å². The summed E-state index contributed by atoms with van der Waals surface area (Å²) in [6, 6.07) is 5.56. The Labute approximate surface area is 129 Å². The first kappa shape index (κ1) is 14.4. The summed E-state index contributed by atoms with van der Waals surface area (Å²) in [5.74, 6) is 0.690. The van der Waals surface area contributed by atoms with Crippen LogP contribution in [0.1, 0.15) is 5.82 Å². The second-order valence-corrected chi connectivity index (χ2v) is 7.73. The average Bonchev–Trinajstić information content (AvgIpc) is 3.06. The molecule has 0 fully saturated rings. The van der Waals surface area contributed by atoms with E-state index < -0.39 is 10.0 Å². The Morgan fingerprint density at radius 2 is 2.19 bits per heavy atom. The molecule has 0 aliphatic rings. The van der Waals surface area contributed by atoms with Gasteiger partial charge in [-0.15, -0.1) is 10.2 Å². The van der Waals surface area contributed by atoms with Crippen LogP contribution >= 0.6 is 22.9 Å². The summed E-state index contributed by atoms with van der Waals surface area (Å²) in [6.07, 6.45) is 3.50. The highest BCUT2D eigenvalue weighted by Gasteiger charge is 2.17. The fourth-order valence-electron chi connectivity index (χ4n) is 1.79. The molecule has 7 nitrogen and oxygen atoms in total. The molecule has 21 heavy (non-hydrogen) atoms. The Hall–Kier alpha value is -1.55. The molecule has 0 amide bonds. The molecule has 0 bridgehead atoms. The number of sulfonamides is 1. The average molecular weight is 344 g/mol. The largest absolute Gasteiger partial charge is 0.286 e. The van der Waals surface area contributed by atoms with E-state index in [9.17, 15) is 8.42 Å². The molecule has 0 aliphatic heterocycles. The van der Waals surface area contributed by atoms with Crippen LogP contribution in [0.5, 0.6) is 0 Å². The zero-order valence-electron chi connectivity index (χ0n) is 10.6. The highest BCUT2D eigenvalue weighted by atomic mass is 35.5. The molecule has 0 saturated carbocycles. The lowest BCUT2D eigenvalue weighted by Crippen LogP contribution is -2.25. The lowest BCUT2D eigenvalue weighted by atomic mass is 10.4. The summed E-state index contributed by atoms with van der Waals surface area (Å²) >= 11 is 6.56. The highest BCUT2D eigenvalue weighted by molar-refractivity contribution is 7.91. The highest BCUT2D eigenvalue weighted by Crippen LogP contribution is 2.21. The summed E-state index contributed by atoms with van der Waals surface area (Å²) in [5, 5.41) is 8.04. The Morgan fingerprint density at radius 1 is 1.33 bits per heavy atom. The van der Waals surface area contributed by atoms with Gasteiger partial charge in [0.25, 0.3) is 10.0 Å². The molecule has 0 aliphatic carbocycles. The van der Waals surface area contributed by atoms with Gasteiger partial charge in [-0.3, -0.25) is 4.40 Å². The number of nitrogens with one attached hydrogen (secondary N) is 1. The van der Waals surface area contributed by atoms with E-state index in [4.69, 9.17) is 11.6 Å². The minimum atomic E-state index is -3.58. The lowest BCUT2D eigenvalue weighted by molar-refractivity contribution is 0.582. The molecular formula is C11H10ClN5O2S2. The van der Waals surface area contributed by atoms with E-state index in [-0.39, 0.29) is 15.2 Å². The summed E-state index contributed by atoms with van der Waals surface area (Å²) in [4.78, 5) is 3.72. The zero-order valence-corrected chi connectivity index (χ0v) is 13.0. The quantitative estimate of drug-likeness (QED) is 0.755. The normalized spacial score (nSPS) is 12.0. The number of nitrogens with zero attached hydrogens (tertiary/aromatic N) is 4. The fraction of sp³-hybridized carbons (Fsp3) is 0.182. The number of rotatable bonds is 5. The van der Waals surface area contributed by atoms with Crippen molar-refractivity contribution in [1.29, 1.82) is 0 Å². The first-order chi connectivity index (χ1) is 10.1. The van der Waals surface area contributed by atoms with Crippen LogP contribution in [-0.2, 0) is 16.4 Å². The van der Waals surface area contributed by atoms with Crippen LogP contribution < -0.4 is 4.72 Å². The van der Waals surface area contributed by atoms with Gasteiger partial charge in [0.05, 0.1) is 6.20 Å². The number of halogens is 1. The van der Waals surface area contributed by atoms with Gasteiger partial charge in [0.2, 0.25) is 0 Å². The second-order valence-electron chi connectivity index (χ2n) is 4.13. The number of hydrogen-bond acceptors (Lipinski definition) is 6. The van der Waals surface area contributed by atoms with Gasteiger partial charge in [0, 0.05) is 19.2 Å². The third-order valence-corrected chi connectivity index (χ3v) is 5.78. The molecule has 0 atom stereocenters. The van der Waals surface area contributed by atoms with Crippen molar-refractivity contribution < 1.29 is 8.42 Å². The molecule has 3 rings (SSSR count). The predicted octanol–water partition coefficient (Wildman–Crippen LogP) is 1.36. The molecule has 3 aromatic heterocycles. The zero-order chi connectivity index (χ0) is 14.9. The number of pyridine rings is 1. The third-order valence-electron chi connectivity index (χ3n) is 2.75. The standard InChI is InChI=1S/C11H10ClN5O2S2/c12-11-13-7-10(20-11)21(18,19)14-5-4-9-16-15-8-3-1-2-6-17(8)9/h1-3,6-7,14H,4-5H2. The molecule has 110 valence electrons. The second kappa shape index (κ2) is 5.68. The number of hydrogen-bond donors (Lipinski definition) is 1. The van der Waals surface area contributed by atoms with E-state index >= 15 is 0 Å². The molecule has 10 heteroatoms. The van der Waals surface area contributed by atoms with E-state index in [1.54, 1.807) is 0 Å². The maximum Gasteiger partial charge on any atom is 0.251 e. The van der Waals surface area contributed by atoms with Crippen molar-refractivity contribution in [3.8, 4) is 0 Å². The van der Waals surface area contributed by atoms with Crippen LogP contribution in [-0.4, -0.2) is 34.5 Å². The summed E-state index contributed by atoms with van der Waals surface area (Å²) in [5.41, 5.74) is 0.726.